The van der Waals surface area contributed by atoms with Crippen molar-refractivity contribution >= 4 is 0 Å². The molecular weight excluding hydrogens is 206 g/mol. The summed E-state index contributed by atoms with van der Waals surface area (Å²) in [5, 5.41) is 3.64. The summed E-state index contributed by atoms with van der Waals surface area (Å²) in [6.07, 6.45) is 3.61. The summed E-state index contributed by atoms with van der Waals surface area (Å²) in [6, 6.07) is 11.4. The third-order valence-electron chi connectivity index (χ3n) is 3.87. The molecule has 1 nitrogen and oxygen atoms in total. The smallest absolute Gasteiger partial charge is 0.0121 e. The lowest BCUT2D eigenvalue weighted by molar-refractivity contribution is 0.223. The van der Waals surface area contributed by atoms with Gasteiger partial charge in [-0.3, -0.25) is 0 Å². The quantitative estimate of drug-likeness (QED) is 0.749. The van der Waals surface area contributed by atoms with Crippen LogP contribution in [0.3, 0.4) is 0 Å². The molecule has 0 radical (unpaired) electrons. The second-order valence-electron chi connectivity index (χ2n) is 5.48. The van der Waals surface area contributed by atoms with Crippen molar-refractivity contribution in [3.05, 3.63) is 35.9 Å². The molecule has 1 heteroatoms. The zero-order chi connectivity index (χ0) is 12.7. The van der Waals surface area contributed by atoms with Gasteiger partial charge in [0.1, 0.15) is 0 Å². The number of hydrogen-bond acceptors (Lipinski definition) is 1. The summed E-state index contributed by atoms with van der Waals surface area (Å²) in [7, 11) is 0. The molecule has 17 heavy (non-hydrogen) atoms. The highest BCUT2D eigenvalue weighted by Gasteiger charge is 2.26. The fourth-order valence-corrected chi connectivity index (χ4v) is 2.22. The first kappa shape index (κ1) is 14.2. The van der Waals surface area contributed by atoms with E-state index in [9.17, 15) is 0 Å². The Morgan fingerprint density at radius 2 is 1.76 bits per heavy atom. The molecular formula is C16H27N. The Morgan fingerprint density at radius 3 is 2.29 bits per heavy atom. The summed E-state index contributed by atoms with van der Waals surface area (Å²) in [6.45, 7) is 10.3. The maximum atomic E-state index is 3.64. The Balaban J connectivity index is 2.56. The molecule has 0 aliphatic carbocycles. The second kappa shape index (κ2) is 6.80. The minimum atomic E-state index is 0.380. The van der Waals surface area contributed by atoms with Crippen LogP contribution in [0.4, 0.5) is 0 Å². The summed E-state index contributed by atoms with van der Waals surface area (Å²) in [5.41, 5.74) is 1.83. The molecule has 1 N–H and O–H groups in total. The Morgan fingerprint density at radius 1 is 1.12 bits per heavy atom. The molecule has 0 amide bonds. The van der Waals surface area contributed by atoms with E-state index in [2.05, 4.69) is 63.3 Å². The summed E-state index contributed by atoms with van der Waals surface area (Å²) in [4.78, 5) is 0. The van der Waals surface area contributed by atoms with Gasteiger partial charge in [-0.05, 0) is 36.8 Å². The highest BCUT2D eigenvalue weighted by molar-refractivity contribution is 5.15. The van der Waals surface area contributed by atoms with Crippen molar-refractivity contribution in [1.29, 1.82) is 0 Å². The molecule has 1 aromatic rings. The van der Waals surface area contributed by atoms with Gasteiger partial charge in [-0.1, -0.05) is 58.0 Å². The Hall–Kier alpha value is -0.820. The van der Waals surface area contributed by atoms with E-state index in [1.807, 2.05) is 0 Å². The molecule has 96 valence electrons. The molecule has 1 atom stereocenters. The van der Waals surface area contributed by atoms with Crippen LogP contribution in [0.2, 0.25) is 0 Å². The molecule has 1 rings (SSSR count). The molecule has 0 saturated carbocycles. The van der Waals surface area contributed by atoms with Crippen LogP contribution in [0.25, 0.3) is 0 Å². The van der Waals surface area contributed by atoms with Crippen LogP contribution in [0.5, 0.6) is 0 Å². The lowest BCUT2D eigenvalue weighted by Crippen LogP contribution is -2.41. The molecule has 0 saturated heterocycles. The Kier molecular flexibility index (Phi) is 5.70. The molecule has 0 fully saturated rings. The second-order valence-corrected chi connectivity index (χ2v) is 5.48. The van der Waals surface area contributed by atoms with Crippen LogP contribution in [0.15, 0.2) is 30.3 Å². The lowest BCUT2D eigenvalue weighted by Gasteiger charge is -2.34. The van der Waals surface area contributed by atoms with Crippen molar-refractivity contribution in [3.63, 3.8) is 0 Å². The van der Waals surface area contributed by atoms with Crippen LogP contribution in [0.1, 0.15) is 46.1 Å². The number of rotatable bonds is 7. The maximum absolute atomic E-state index is 3.64. The minimum absolute atomic E-state index is 0.380. The van der Waals surface area contributed by atoms with Gasteiger partial charge in [0.25, 0.3) is 0 Å². The van der Waals surface area contributed by atoms with E-state index in [1.165, 1.54) is 24.8 Å². The molecule has 0 spiro atoms. The van der Waals surface area contributed by atoms with E-state index in [4.69, 9.17) is 0 Å². The van der Waals surface area contributed by atoms with Crippen molar-refractivity contribution in [2.45, 2.75) is 53.0 Å². The largest absolute Gasteiger partial charge is 0.314 e. The zero-order valence-corrected chi connectivity index (χ0v) is 11.8. The van der Waals surface area contributed by atoms with Gasteiger partial charge in [0, 0.05) is 6.04 Å². The van der Waals surface area contributed by atoms with E-state index in [0.29, 0.717) is 11.5 Å². The van der Waals surface area contributed by atoms with Crippen LogP contribution in [-0.2, 0) is 6.42 Å². The number of hydrogen-bond donors (Lipinski definition) is 1. The molecule has 1 unspecified atom stereocenters. The topological polar surface area (TPSA) is 12.0 Å². The van der Waals surface area contributed by atoms with Gasteiger partial charge in [0.15, 0.2) is 0 Å². The van der Waals surface area contributed by atoms with Gasteiger partial charge < -0.3 is 5.32 Å². The molecule has 1 aromatic carbocycles. The van der Waals surface area contributed by atoms with Crippen molar-refractivity contribution in [2.75, 3.05) is 6.54 Å². The van der Waals surface area contributed by atoms with Gasteiger partial charge in [0.05, 0.1) is 0 Å². The van der Waals surface area contributed by atoms with Gasteiger partial charge in [-0.2, -0.15) is 0 Å². The average Bonchev–Trinajstić information content (AvgIpc) is 2.35. The third kappa shape index (κ3) is 4.51. The highest BCUT2D eigenvalue weighted by Crippen LogP contribution is 2.27. The van der Waals surface area contributed by atoms with E-state index >= 15 is 0 Å². The number of nitrogens with one attached hydrogen (secondary N) is 1. The third-order valence-corrected chi connectivity index (χ3v) is 3.87. The molecule has 0 aliphatic heterocycles. The van der Waals surface area contributed by atoms with Crippen molar-refractivity contribution in [1.82, 2.24) is 5.32 Å². The molecule has 0 aromatic heterocycles. The monoisotopic (exact) mass is 233 g/mol. The van der Waals surface area contributed by atoms with Crippen LogP contribution in [-0.4, -0.2) is 12.6 Å². The lowest BCUT2D eigenvalue weighted by atomic mass is 9.79. The van der Waals surface area contributed by atoms with Gasteiger partial charge in [-0.15, -0.1) is 0 Å². The van der Waals surface area contributed by atoms with E-state index in [1.54, 1.807) is 0 Å². The zero-order valence-electron chi connectivity index (χ0n) is 11.8. The summed E-state index contributed by atoms with van der Waals surface area (Å²) >= 11 is 0. The molecule has 0 aliphatic rings. The molecule has 0 heterocycles. The van der Waals surface area contributed by atoms with Crippen LogP contribution in [0, 0.1) is 5.41 Å². The van der Waals surface area contributed by atoms with Crippen molar-refractivity contribution < 1.29 is 0 Å². The highest BCUT2D eigenvalue weighted by atomic mass is 14.9. The van der Waals surface area contributed by atoms with Gasteiger partial charge in [-0.25, -0.2) is 0 Å². The molecule has 0 bridgehead atoms. The fraction of sp³-hybridized carbons (Fsp3) is 0.625. The van der Waals surface area contributed by atoms with E-state index in [-0.39, 0.29) is 0 Å². The van der Waals surface area contributed by atoms with Crippen molar-refractivity contribution in [3.8, 4) is 0 Å². The number of benzene rings is 1. The SMILES string of the molecule is CCNC(CCc1ccccc1)C(C)(C)CC. The summed E-state index contributed by atoms with van der Waals surface area (Å²) < 4.78 is 0. The fourth-order valence-electron chi connectivity index (χ4n) is 2.22. The van der Waals surface area contributed by atoms with E-state index < -0.39 is 0 Å². The van der Waals surface area contributed by atoms with Gasteiger partial charge in [0.2, 0.25) is 0 Å². The standard InChI is InChI=1S/C16H27N/c1-5-16(3,4)15(17-6-2)13-12-14-10-8-7-9-11-14/h7-11,15,17H,5-6,12-13H2,1-4H3. The number of aryl methyl sites for hydroxylation is 1. The first-order valence-electron chi connectivity index (χ1n) is 6.87. The average molecular weight is 233 g/mol. The van der Waals surface area contributed by atoms with E-state index in [0.717, 1.165) is 6.54 Å². The Bertz CT molecular complexity index is 303. The predicted octanol–water partition coefficient (Wildman–Crippen LogP) is 4.03. The first-order valence-corrected chi connectivity index (χ1v) is 6.87. The first-order chi connectivity index (χ1) is 8.10. The normalized spacial score (nSPS) is 13.6. The maximum Gasteiger partial charge on any atom is 0.0121 e. The van der Waals surface area contributed by atoms with Crippen LogP contribution >= 0.6 is 0 Å². The van der Waals surface area contributed by atoms with Gasteiger partial charge >= 0.3 is 0 Å². The summed E-state index contributed by atoms with van der Waals surface area (Å²) in [5.74, 6) is 0. The minimum Gasteiger partial charge on any atom is -0.314 e. The van der Waals surface area contributed by atoms with Crippen LogP contribution < -0.4 is 5.32 Å². The Labute approximate surface area is 107 Å². The predicted molar refractivity (Wildman–Crippen MR) is 76.3 cm³/mol. The van der Waals surface area contributed by atoms with Crippen molar-refractivity contribution in [2.24, 2.45) is 5.41 Å².